The van der Waals surface area contributed by atoms with Crippen molar-refractivity contribution in [1.29, 1.82) is 0 Å². The van der Waals surface area contributed by atoms with E-state index in [1.54, 1.807) is 0 Å². The highest BCUT2D eigenvalue weighted by Gasteiger charge is 2.41. The van der Waals surface area contributed by atoms with E-state index in [2.05, 4.69) is 44.8 Å². The molecule has 1 aliphatic carbocycles. The highest BCUT2D eigenvalue weighted by atomic mass is 28.4. The normalized spacial score (nSPS) is 19.2. The van der Waals surface area contributed by atoms with E-state index < -0.39 is 8.32 Å². The first-order valence-electron chi connectivity index (χ1n) is 9.79. The summed E-state index contributed by atoms with van der Waals surface area (Å²) in [6.45, 7) is 12.8. The quantitative estimate of drug-likeness (QED) is 0.654. The SMILES string of the molecule is CC(C)(C)[Si](C)(C)Oc1cccc2c1C(=O)N(CC1CCCCC1)C2. The van der Waals surface area contributed by atoms with Crippen LogP contribution in [-0.4, -0.2) is 25.7 Å². The smallest absolute Gasteiger partial charge is 0.258 e. The first-order valence-corrected chi connectivity index (χ1v) is 12.7. The van der Waals surface area contributed by atoms with Gasteiger partial charge < -0.3 is 9.33 Å². The minimum Gasteiger partial charge on any atom is -0.543 e. The van der Waals surface area contributed by atoms with Crippen molar-refractivity contribution in [2.24, 2.45) is 5.92 Å². The zero-order chi connectivity index (χ0) is 18.2. The van der Waals surface area contributed by atoms with Crippen molar-refractivity contribution >= 4 is 14.2 Å². The highest BCUT2D eigenvalue weighted by molar-refractivity contribution is 6.74. The van der Waals surface area contributed by atoms with Crippen LogP contribution < -0.4 is 4.43 Å². The van der Waals surface area contributed by atoms with Crippen LogP contribution in [0.5, 0.6) is 5.75 Å². The number of hydrogen-bond donors (Lipinski definition) is 0. The van der Waals surface area contributed by atoms with Gasteiger partial charge in [0.1, 0.15) is 5.75 Å². The summed E-state index contributed by atoms with van der Waals surface area (Å²) in [6.07, 6.45) is 6.54. The fourth-order valence-corrected chi connectivity index (χ4v) is 4.75. The lowest BCUT2D eigenvalue weighted by molar-refractivity contribution is 0.0736. The Balaban J connectivity index is 1.79. The van der Waals surface area contributed by atoms with E-state index in [4.69, 9.17) is 4.43 Å². The maximum Gasteiger partial charge on any atom is 0.258 e. The van der Waals surface area contributed by atoms with Gasteiger partial charge in [-0.1, -0.05) is 52.2 Å². The molecule has 138 valence electrons. The molecule has 0 spiro atoms. The molecule has 1 aromatic carbocycles. The molecule has 2 aliphatic rings. The first kappa shape index (κ1) is 18.5. The number of hydrogen-bond acceptors (Lipinski definition) is 2. The summed E-state index contributed by atoms with van der Waals surface area (Å²) in [5, 5.41) is 0.124. The van der Waals surface area contributed by atoms with Crippen LogP contribution in [0.25, 0.3) is 0 Å². The number of carbonyl (C=O) groups is 1. The number of benzene rings is 1. The van der Waals surface area contributed by atoms with Gasteiger partial charge in [0.25, 0.3) is 14.2 Å². The van der Waals surface area contributed by atoms with E-state index >= 15 is 0 Å². The molecule has 0 radical (unpaired) electrons. The Bertz CT molecular complexity index is 642. The Kier molecular flexibility index (Phi) is 5.02. The fraction of sp³-hybridized carbons (Fsp3) is 0.667. The Morgan fingerprint density at radius 2 is 1.84 bits per heavy atom. The lowest BCUT2D eigenvalue weighted by atomic mass is 9.89. The Labute approximate surface area is 153 Å². The van der Waals surface area contributed by atoms with Crippen LogP contribution in [-0.2, 0) is 6.54 Å². The molecular formula is C21H33NO2Si. The lowest BCUT2D eigenvalue weighted by Crippen LogP contribution is -2.44. The predicted octanol–water partition coefficient (Wildman–Crippen LogP) is 5.61. The number of carbonyl (C=O) groups excluding carboxylic acids is 1. The average molecular weight is 360 g/mol. The molecule has 0 aromatic heterocycles. The minimum atomic E-state index is -1.95. The van der Waals surface area contributed by atoms with Crippen molar-refractivity contribution < 1.29 is 9.22 Å². The molecule has 1 heterocycles. The second-order valence-electron chi connectivity index (χ2n) is 9.34. The predicted molar refractivity (Wildman–Crippen MR) is 106 cm³/mol. The molecule has 0 bridgehead atoms. The number of amides is 1. The van der Waals surface area contributed by atoms with Gasteiger partial charge in [0.05, 0.1) is 5.56 Å². The van der Waals surface area contributed by atoms with E-state index in [0.29, 0.717) is 5.92 Å². The van der Waals surface area contributed by atoms with Crippen LogP contribution in [0.3, 0.4) is 0 Å². The third kappa shape index (κ3) is 3.79. The second kappa shape index (κ2) is 6.79. The Morgan fingerprint density at radius 3 is 2.48 bits per heavy atom. The molecule has 0 saturated heterocycles. The summed E-state index contributed by atoms with van der Waals surface area (Å²) >= 11 is 0. The van der Waals surface area contributed by atoms with E-state index in [1.165, 1.54) is 32.1 Å². The second-order valence-corrected chi connectivity index (χ2v) is 14.1. The number of rotatable bonds is 4. The molecule has 3 rings (SSSR count). The number of nitrogens with zero attached hydrogens (tertiary/aromatic N) is 1. The molecule has 0 atom stereocenters. The zero-order valence-electron chi connectivity index (χ0n) is 16.5. The van der Waals surface area contributed by atoms with Crippen LogP contribution in [0.4, 0.5) is 0 Å². The summed E-state index contributed by atoms with van der Waals surface area (Å²) in [4.78, 5) is 15.1. The molecule has 4 heteroatoms. The Hall–Kier alpha value is -1.29. The average Bonchev–Trinajstić information content (AvgIpc) is 2.84. The molecule has 0 N–H and O–H groups in total. The first-order chi connectivity index (χ1) is 11.7. The van der Waals surface area contributed by atoms with Crippen LogP contribution in [0, 0.1) is 5.92 Å². The summed E-state index contributed by atoms with van der Waals surface area (Å²) in [7, 11) is -1.95. The zero-order valence-corrected chi connectivity index (χ0v) is 17.5. The van der Waals surface area contributed by atoms with Crippen LogP contribution in [0.2, 0.25) is 18.1 Å². The van der Waals surface area contributed by atoms with E-state index in [0.717, 1.165) is 30.0 Å². The van der Waals surface area contributed by atoms with Gasteiger partial charge in [-0.3, -0.25) is 4.79 Å². The van der Waals surface area contributed by atoms with Gasteiger partial charge in [0, 0.05) is 13.1 Å². The van der Waals surface area contributed by atoms with Crippen molar-refractivity contribution in [3.63, 3.8) is 0 Å². The molecule has 1 saturated carbocycles. The highest BCUT2D eigenvalue weighted by Crippen LogP contribution is 2.40. The van der Waals surface area contributed by atoms with Crippen LogP contribution >= 0.6 is 0 Å². The molecular weight excluding hydrogens is 326 g/mol. The molecule has 0 unspecified atom stereocenters. The monoisotopic (exact) mass is 359 g/mol. The van der Waals surface area contributed by atoms with Crippen molar-refractivity contribution in [3.05, 3.63) is 29.3 Å². The number of fused-ring (bicyclic) bond motifs is 1. The van der Waals surface area contributed by atoms with Gasteiger partial charge >= 0.3 is 0 Å². The van der Waals surface area contributed by atoms with Gasteiger partial charge in [-0.15, -0.1) is 0 Å². The van der Waals surface area contributed by atoms with Gasteiger partial charge in [0.15, 0.2) is 0 Å². The fourth-order valence-electron chi connectivity index (χ4n) is 3.73. The van der Waals surface area contributed by atoms with Gasteiger partial charge in [0.2, 0.25) is 0 Å². The van der Waals surface area contributed by atoms with Crippen molar-refractivity contribution in [3.8, 4) is 5.75 Å². The molecule has 1 aliphatic heterocycles. The van der Waals surface area contributed by atoms with Crippen molar-refractivity contribution in [2.75, 3.05) is 6.54 Å². The standard InChI is InChI=1S/C21H33NO2Si/c1-21(2,3)25(4,5)24-18-13-9-12-17-15-22(20(23)19(17)18)14-16-10-7-6-8-11-16/h9,12-13,16H,6-8,10-11,14-15H2,1-5H3. The van der Waals surface area contributed by atoms with E-state index in [-0.39, 0.29) is 10.9 Å². The summed E-state index contributed by atoms with van der Waals surface area (Å²) in [5.74, 6) is 1.66. The molecule has 3 nitrogen and oxygen atoms in total. The summed E-state index contributed by atoms with van der Waals surface area (Å²) in [5.41, 5.74) is 1.96. The van der Waals surface area contributed by atoms with Crippen molar-refractivity contribution in [2.45, 2.75) is 77.6 Å². The van der Waals surface area contributed by atoms with E-state index in [1.807, 2.05) is 12.1 Å². The maximum absolute atomic E-state index is 13.1. The molecule has 1 fully saturated rings. The van der Waals surface area contributed by atoms with Gasteiger partial charge in [-0.25, -0.2) is 0 Å². The summed E-state index contributed by atoms with van der Waals surface area (Å²) in [6, 6.07) is 6.12. The lowest BCUT2D eigenvalue weighted by Gasteiger charge is -2.36. The van der Waals surface area contributed by atoms with E-state index in [9.17, 15) is 4.79 Å². The minimum absolute atomic E-state index is 0.124. The topological polar surface area (TPSA) is 29.5 Å². The van der Waals surface area contributed by atoms with Gasteiger partial charge in [-0.2, -0.15) is 0 Å². The molecule has 1 amide bonds. The van der Waals surface area contributed by atoms with Crippen molar-refractivity contribution in [1.82, 2.24) is 4.90 Å². The maximum atomic E-state index is 13.1. The summed E-state index contributed by atoms with van der Waals surface area (Å²) < 4.78 is 6.51. The van der Waals surface area contributed by atoms with Crippen LogP contribution in [0.1, 0.15) is 68.8 Å². The van der Waals surface area contributed by atoms with Crippen LogP contribution in [0.15, 0.2) is 18.2 Å². The van der Waals surface area contributed by atoms with Gasteiger partial charge in [-0.05, 0) is 48.5 Å². The Morgan fingerprint density at radius 1 is 1.16 bits per heavy atom. The third-order valence-corrected chi connectivity index (χ3v) is 10.7. The third-order valence-electron chi connectivity index (χ3n) is 6.35. The largest absolute Gasteiger partial charge is 0.543 e. The molecule has 25 heavy (non-hydrogen) atoms. The molecule has 1 aromatic rings.